The summed E-state index contributed by atoms with van der Waals surface area (Å²) in [6.45, 7) is 1.73. The van der Waals surface area contributed by atoms with E-state index in [1.54, 1.807) is 17.8 Å². The molecular formula is C17H13F2N3O3. The molecule has 4 rings (SSSR count). The normalized spacial score (nSPS) is 16.0. The zero-order valence-electron chi connectivity index (χ0n) is 13.1. The molecule has 0 bridgehead atoms. The molecule has 2 aromatic carbocycles. The van der Waals surface area contributed by atoms with Gasteiger partial charge in [0, 0.05) is 11.8 Å². The van der Waals surface area contributed by atoms with Crippen LogP contribution in [0, 0.1) is 0 Å². The van der Waals surface area contributed by atoms with Gasteiger partial charge in [0.05, 0.1) is 17.4 Å². The van der Waals surface area contributed by atoms with E-state index in [9.17, 15) is 13.6 Å². The highest BCUT2D eigenvalue weighted by molar-refractivity contribution is 5.94. The molecule has 1 aromatic heterocycles. The lowest BCUT2D eigenvalue weighted by Crippen LogP contribution is -2.26. The summed E-state index contributed by atoms with van der Waals surface area (Å²) in [5, 5.41) is 2.68. The molecule has 2 heterocycles. The van der Waals surface area contributed by atoms with Crippen LogP contribution < -0.4 is 14.8 Å². The molecule has 0 saturated heterocycles. The van der Waals surface area contributed by atoms with Crippen LogP contribution in [0.25, 0.3) is 11.0 Å². The van der Waals surface area contributed by atoms with Crippen molar-refractivity contribution in [3.8, 4) is 11.5 Å². The lowest BCUT2D eigenvalue weighted by molar-refractivity contribution is -0.286. The maximum Gasteiger partial charge on any atom is 0.586 e. The highest BCUT2D eigenvalue weighted by atomic mass is 19.3. The number of nitrogens with one attached hydrogen (secondary N) is 1. The average Bonchev–Trinajstić information content (AvgIpc) is 3.12. The molecule has 0 spiro atoms. The Bertz CT molecular complexity index is 971. The van der Waals surface area contributed by atoms with E-state index in [-0.39, 0.29) is 17.4 Å². The summed E-state index contributed by atoms with van der Waals surface area (Å²) in [7, 11) is 0. The molecule has 1 unspecified atom stereocenters. The van der Waals surface area contributed by atoms with Crippen LogP contribution in [0.4, 0.5) is 14.5 Å². The Labute approximate surface area is 141 Å². The number of halogens is 2. The van der Waals surface area contributed by atoms with E-state index >= 15 is 0 Å². The monoisotopic (exact) mass is 345 g/mol. The van der Waals surface area contributed by atoms with Crippen molar-refractivity contribution in [2.24, 2.45) is 0 Å². The number of para-hydroxylation sites is 2. The molecule has 1 atom stereocenters. The molecule has 1 N–H and O–H groups in total. The highest BCUT2D eigenvalue weighted by Gasteiger charge is 2.43. The predicted molar refractivity (Wildman–Crippen MR) is 85.7 cm³/mol. The fourth-order valence-electron chi connectivity index (χ4n) is 2.69. The molecule has 6 nitrogen and oxygen atoms in total. The van der Waals surface area contributed by atoms with Crippen molar-refractivity contribution in [1.82, 2.24) is 9.55 Å². The maximum absolute atomic E-state index is 13.1. The average molecular weight is 345 g/mol. The van der Waals surface area contributed by atoms with Gasteiger partial charge < -0.3 is 19.4 Å². The number of carbonyl (C=O) groups is 1. The number of carbonyl (C=O) groups excluding carboxylic acids is 1. The number of hydrogen-bond acceptors (Lipinski definition) is 4. The Kier molecular flexibility index (Phi) is 3.34. The summed E-state index contributed by atoms with van der Waals surface area (Å²) in [6.07, 6.45) is -2.09. The molecule has 8 heteroatoms. The van der Waals surface area contributed by atoms with E-state index in [1.165, 1.54) is 18.2 Å². The fraction of sp³-hybridized carbons (Fsp3) is 0.176. The van der Waals surface area contributed by atoms with Crippen LogP contribution in [0.3, 0.4) is 0 Å². The molecule has 0 fully saturated rings. The number of alkyl halides is 2. The van der Waals surface area contributed by atoms with Crippen molar-refractivity contribution >= 4 is 22.6 Å². The summed E-state index contributed by atoms with van der Waals surface area (Å²) in [4.78, 5) is 16.8. The van der Waals surface area contributed by atoms with Gasteiger partial charge in [-0.1, -0.05) is 12.1 Å². The van der Waals surface area contributed by atoms with E-state index in [2.05, 4.69) is 19.8 Å². The number of rotatable bonds is 3. The van der Waals surface area contributed by atoms with E-state index in [1.807, 2.05) is 24.3 Å². The van der Waals surface area contributed by atoms with Crippen molar-refractivity contribution in [3.05, 3.63) is 48.8 Å². The third-order valence-corrected chi connectivity index (χ3v) is 3.95. The van der Waals surface area contributed by atoms with E-state index in [4.69, 9.17) is 0 Å². The summed E-state index contributed by atoms with van der Waals surface area (Å²) in [5.74, 6) is -0.506. The van der Waals surface area contributed by atoms with E-state index in [0.29, 0.717) is 5.69 Å². The second kappa shape index (κ2) is 5.44. The number of amides is 1. The minimum atomic E-state index is -3.69. The number of fused-ring (bicyclic) bond motifs is 2. The Balaban J connectivity index is 1.55. The minimum Gasteiger partial charge on any atom is -0.395 e. The van der Waals surface area contributed by atoms with Gasteiger partial charge in [0.15, 0.2) is 11.5 Å². The molecule has 3 aromatic rings. The SMILES string of the molecule is CC(C(=O)Nc1ccc2c(c1)OC(F)(F)O2)n1cnc2ccccc21. The maximum atomic E-state index is 13.1. The van der Waals surface area contributed by atoms with Crippen molar-refractivity contribution < 1.29 is 23.0 Å². The first kappa shape index (κ1) is 15.4. The number of anilines is 1. The van der Waals surface area contributed by atoms with Crippen molar-refractivity contribution in [1.29, 1.82) is 0 Å². The second-order valence-electron chi connectivity index (χ2n) is 5.63. The Morgan fingerprint density at radius 2 is 1.96 bits per heavy atom. The van der Waals surface area contributed by atoms with E-state index < -0.39 is 12.3 Å². The van der Waals surface area contributed by atoms with Gasteiger partial charge in [-0.2, -0.15) is 0 Å². The molecule has 0 saturated carbocycles. The molecule has 25 heavy (non-hydrogen) atoms. The highest BCUT2D eigenvalue weighted by Crippen LogP contribution is 2.42. The van der Waals surface area contributed by atoms with Gasteiger partial charge in [-0.25, -0.2) is 4.98 Å². The molecule has 1 aliphatic rings. The third-order valence-electron chi connectivity index (χ3n) is 3.95. The van der Waals surface area contributed by atoms with Crippen molar-refractivity contribution in [2.45, 2.75) is 19.3 Å². The quantitative estimate of drug-likeness (QED) is 0.788. The lowest BCUT2D eigenvalue weighted by Gasteiger charge is -2.14. The predicted octanol–water partition coefficient (Wildman–Crippen LogP) is 3.56. The molecule has 1 aliphatic heterocycles. The number of imidazole rings is 1. The standard InChI is InChI=1S/C17H13F2N3O3/c1-10(22-9-20-12-4-2-3-5-13(12)22)16(23)21-11-6-7-14-15(8-11)25-17(18,19)24-14/h2-10H,1H3,(H,21,23). The minimum absolute atomic E-state index is 0.0725. The summed E-state index contributed by atoms with van der Waals surface area (Å²) >= 11 is 0. The van der Waals surface area contributed by atoms with Crippen molar-refractivity contribution in [2.75, 3.05) is 5.32 Å². The summed E-state index contributed by atoms with van der Waals surface area (Å²) in [5.41, 5.74) is 1.95. The first-order valence-corrected chi connectivity index (χ1v) is 7.55. The van der Waals surface area contributed by atoms with Gasteiger partial charge in [-0.3, -0.25) is 4.79 Å². The molecule has 0 radical (unpaired) electrons. The van der Waals surface area contributed by atoms with Crippen LogP contribution in [-0.4, -0.2) is 21.8 Å². The zero-order chi connectivity index (χ0) is 17.6. The van der Waals surface area contributed by atoms with Crippen molar-refractivity contribution in [3.63, 3.8) is 0 Å². The lowest BCUT2D eigenvalue weighted by atomic mass is 10.2. The zero-order valence-corrected chi connectivity index (χ0v) is 13.1. The smallest absolute Gasteiger partial charge is 0.395 e. The first-order chi connectivity index (χ1) is 11.9. The topological polar surface area (TPSA) is 65.4 Å². The van der Waals surface area contributed by atoms with Crippen LogP contribution in [0.2, 0.25) is 0 Å². The number of nitrogens with zero attached hydrogens (tertiary/aromatic N) is 2. The molecular weight excluding hydrogens is 332 g/mol. The van der Waals surface area contributed by atoms with Gasteiger partial charge in [0.1, 0.15) is 6.04 Å². The molecule has 128 valence electrons. The van der Waals surface area contributed by atoms with Gasteiger partial charge in [-0.15, -0.1) is 8.78 Å². The summed E-state index contributed by atoms with van der Waals surface area (Å²) in [6, 6.07) is 11.0. The Hall–Kier alpha value is -3.16. The van der Waals surface area contributed by atoms with Crippen LogP contribution in [0.5, 0.6) is 11.5 Å². The number of aromatic nitrogens is 2. The largest absolute Gasteiger partial charge is 0.586 e. The van der Waals surface area contributed by atoms with E-state index in [0.717, 1.165) is 11.0 Å². The Morgan fingerprint density at radius 3 is 2.80 bits per heavy atom. The molecule has 1 amide bonds. The second-order valence-corrected chi connectivity index (χ2v) is 5.63. The first-order valence-electron chi connectivity index (χ1n) is 7.55. The Morgan fingerprint density at radius 1 is 1.20 bits per heavy atom. The van der Waals surface area contributed by atoms with Gasteiger partial charge in [0.2, 0.25) is 5.91 Å². The number of ether oxygens (including phenoxy) is 2. The van der Waals surface area contributed by atoms with Gasteiger partial charge in [0.25, 0.3) is 0 Å². The van der Waals surface area contributed by atoms with Gasteiger partial charge in [-0.05, 0) is 31.2 Å². The van der Waals surface area contributed by atoms with Crippen LogP contribution in [-0.2, 0) is 4.79 Å². The van der Waals surface area contributed by atoms with Crippen LogP contribution >= 0.6 is 0 Å². The molecule has 0 aliphatic carbocycles. The van der Waals surface area contributed by atoms with Crippen LogP contribution in [0.15, 0.2) is 48.8 Å². The van der Waals surface area contributed by atoms with Crippen LogP contribution in [0.1, 0.15) is 13.0 Å². The number of benzene rings is 2. The number of hydrogen-bond donors (Lipinski definition) is 1. The third kappa shape index (κ3) is 2.75. The van der Waals surface area contributed by atoms with Gasteiger partial charge >= 0.3 is 6.29 Å². The summed E-state index contributed by atoms with van der Waals surface area (Å²) < 4.78 is 36.6. The fourth-order valence-corrected chi connectivity index (χ4v) is 2.69.